The molecule has 4 rings (SSSR count). The quantitative estimate of drug-likeness (QED) is 0.526. The van der Waals surface area contributed by atoms with Crippen LogP contribution < -0.4 is 15.4 Å². The number of ether oxygens (including phenoxy) is 1. The molecule has 0 radical (unpaired) electrons. The molecule has 0 spiro atoms. The maximum absolute atomic E-state index is 12.6. The highest BCUT2D eigenvalue weighted by Crippen LogP contribution is 2.21. The zero-order chi connectivity index (χ0) is 23.8. The second-order valence-electron chi connectivity index (χ2n) is 8.54. The van der Waals surface area contributed by atoms with Crippen molar-refractivity contribution in [2.75, 3.05) is 18.4 Å². The van der Waals surface area contributed by atoms with Gasteiger partial charge in [0.25, 0.3) is 0 Å². The van der Waals surface area contributed by atoms with Crippen LogP contribution in [0.25, 0.3) is 0 Å². The van der Waals surface area contributed by atoms with E-state index in [1.807, 2.05) is 61.5 Å². The number of hydrogen-bond acceptors (Lipinski definition) is 4. The summed E-state index contributed by atoms with van der Waals surface area (Å²) in [5.41, 5.74) is 2.93. The van der Waals surface area contributed by atoms with Crippen LogP contribution in [0.3, 0.4) is 0 Å². The van der Waals surface area contributed by atoms with Crippen molar-refractivity contribution < 1.29 is 14.3 Å². The minimum Gasteiger partial charge on any atom is -0.439 e. The Kier molecular flexibility index (Phi) is 7.75. The van der Waals surface area contributed by atoms with Crippen LogP contribution in [-0.4, -0.2) is 41.0 Å². The molecule has 1 aliphatic rings. The van der Waals surface area contributed by atoms with Crippen LogP contribution in [0.1, 0.15) is 30.4 Å². The van der Waals surface area contributed by atoms with E-state index in [4.69, 9.17) is 4.74 Å². The van der Waals surface area contributed by atoms with E-state index < -0.39 is 0 Å². The van der Waals surface area contributed by atoms with Crippen LogP contribution in [0, 0.1) is 6.92 Å². The third-order valence-corrected chi connectivity index (χ3v) is 5.86. The Morgan fingerprint density at radius 1 is 1.00 bits per heavy atom. The predicted octanol–water partition coefficient (Wildman–Crippen LogP) is 4.93. The number of nitrogens with zero attached hydrogens (tertiary/aromatic N) is 2. The highest BCUT2D eigenvalue weighted by molar-refractivity contribution is 5.89. The van der Waals surface area contributed by atoms with Crippen molar-refractivity contribution in [3.8, 4) is 11.6 Å². The number of nitrogens with one attached hydrogen (secondary N) is 2. The highest BCUT2D eigenvalue weighted by Gasteiger charge is 2.24. The molecule has 0 bridgehead atoms. The highest BCUT2D eigenvalue weighted by atomic mass is 16.5. The van der Waals surface area contributed by atoms with Gasteiger partial charge >= 0.3 is 6.03 Å². The molecule has 2 heterocycles. The van der Waals surface area contributed by atoms with Gasteiger partial charge in [-0.05, 0) is 49.9 Å². The molecule has 176 valence electrons. The van der Waals surface area contributed by atoms with Crippen molar-refractivity contribution in [3.63, 3.8) is 0 Å². The third kappa shape index (κ3) is 6.81. The summed E-state index contributed by atoms with van der Waals surface area (Å²) in [6.07, 6.45) is 4.28. The number of pyridine rings is 1. The van der Waals surface area contributed by atoms with Gasteiger partial charge in [-0.2, -0.15) is 0 Å². The molecule has 2 aromatic carbocycles. The van der Waals surface area contributed by atoms with E-state index in [0.29, 0.717) is 36.8 Å². The zero-order valence-electron chi connectivity index (χ0n) is 19.4. The molecule has 7 nitrogen and oxygen atoms in total. The first-order valence-electron chi connectivity index (χ1n) is 11.6. The summed E-state index contributed by atoms with van der Waals surface area (Å²) in [4.78, 5) is 31.0. The van der Waals surface area contributed by atoms with Crippen molar-refractivity contribution in [2.24, 2.45) is 0 Å². The molecule has 7 heteroatoms. The third-order valence-electron chi connectivity index (χ3n) is 5.86. The maximum Gasteiger partial charge on any atom is 0.321 e. The van der Waals surface area contributed by atoms with Crippen molar-refractivity contribution in [1.82, 2.24) is 15.2 Å². The smallest absolute Gasteiger partial charge is 0.321 e. The Labute approximate surface area is 200 Å². The Morgan fingerprint density at radius 3 is 2.41 bits per heavy atom. The van der Waals surface area contributed by atoms with Crippen LogP contribution in [-0.2, 0) is 11.2 Å². The topological polar surface area (TPSA) is 83.6 Å². The molecule has 1 fully saturated rings. The van der Waals surface area contributed by atoms with Crippen LogP contribution >= 0.6 is 0 Å². The number of piperidine rings is 1. The molecule has 3 amide bonds. The number of urea groups is 1. The van der Waals surface area contributed by atoms with Gasteiger partial charge in [-0.1, -0.05) is 48.0 Å². The van der Waals surface area contributed by atoms with Gasteiger partial charge in [0.05, 0.1) is 11.9 Å². The number of aryl methyl sites for hydroxylation is 2. The fourth-order valence-corrected chi connectivity index (χ4v) is 3.87. The number of hydrogen-bond donors (Lipinski definition) is 2. The largest absolute Gasteiger partial charge is 0.439 e. The number of carbonyl (C=O) groups is 2. The Bertz CT molecular complexity index is 1080. The normalized spacial score (nSPS) is 13.9. The summed E-state index contributed by atoms with van der Waals surface area (Å²) in [5.74, 6) is 1.24. The lowest BCUT2D eigenvalue weighted by molar-refractivity contribution is -0.122. The van der Waals surface area contributed by atoms with Gasteiger partial charge in [0.2, 0.25) is 11.8 Å². The lowest BCUT2D eigenvalue weighted by atomic mass is 10.0. The van der Waals surface area contributed by atoms with Gasteiger partial charge in [0, 0.05) is 31.6 Å². The molecule has 0 aliphatic carbocycles. The maximum atomic E-state index is 12.6. The van der Waals surface area contributed by atoms with E-state index in [2.05, 4.69) is 15.6 Å². The first-order chi connectivity index (χ1) is 16.5. The fraction of sp³-hybridized carbons (Fsp3) is 0.296. The first kappa shape index (κ1) is 23.3. The van der Waals surface area contributed by atoms with Crippen LogP contribution in [0.2, 0.25) is 0 Å². The molecule has 0 saturated carbocycles. The standard InChI is InChI=1S/C27H30N4O3/c1-20-7-11-24(12-8-20)34-26-14-10-23(19-28-26)30-27(33)31-17-15-22(16-18-31)29-25(32)13-9-21-5-3-2-4-6-21/h2-8,10-12,14,19,22H,9,13,15-18H2,1H3,(H,29,32)(H,30,33). The van der Waals surface area contributed by atoms with Gasteiger partial charge in [0.1, 0.15) is 5.75 Å². The Balaban J connectivity index is 1.18. The van der Waals surface area contributed by atoms with Crippen molar-refractivity contribution in [1.29, 1.82) is 0 Å². The lowest BCUT2D eigenvalue weighted by Crippen LogP contribution is -2.47. The van der Waals surface area contributed by atoms with E-state index in [9.17, 15) is 9.59 Å². The van der Waals surface area contributed by atoms with E-state index in [1.165, 1.54) is 0 Å². The summed E-state index contributed by atoms with van der Waals surface area (Å²) >= 11 is 0. The second-order valence-corrected chi connectivity index (χ2v) is 8.54. The molecule has 0 atom stereocenters. The Morgan fingerprint density at radius 2 is 1.74 bits per heavy atom. The molecular weight excluding hydrogens is 428 g/mol. The average Bonchev–Trinajstić information content (AvgIpc) is 2.86. The van der Waals surface area contributed by atoms with E-state index in [1.54, 1.807) is 23.2 Å². The first-order valence-corrected chi connectivity index (χ1v) is 11.6. The van der Waals surface area contributed by atoms with Gasteiger partial charge in [-0.15, -0.1) is 0 Å². The minimum atomic E-state index is -0.164. The number of amides is 3. The molecular formula is C27H30N4O3. The Hall–Kier alpha value is -3.87. The number of carbonyl (C=O) groups excluding carboxylic acids is 2. The SMILES string of the molecule is Cc1ccc(Oc2ccc(NC(=O)N3CCC(NC(=O)CCc4ccccc4)CC3)cn2)cc1. The number of benzene rings is 2. The van der Waals surface area contributed by atoms with Crippen LogP contribution in [0.5, 0.6) is 11.6 Å². The van der Waals surface area contributed by atoms with Gasteiger partial charge < -0.3 is 20.3 Å². The van der Waals surface area contributed by atoms with E-state index >= 15 is 0 Å². The number of anilines is 1. The second kappa shape index (κ2) is 11.3. The number of rotatable bonds is 7. The molecule has 1 aromatic heterocycles. The molecule has 3 aromatic rings. The summed E-state index contributed by atoms with van der Waals surface area (Å²) in [5, 5.41) is 5.99. The summed E-state index contributed by atoms with van der Waals surface area (Å²) in [6.45, 7) is 3.21. The van der Waals surface area contributed by atoms with E-state index in [-0.39, 0.29) is 18.0 Å². The molecule has 1 aliphatic heterocycles. The van der Waals surface area contributed by atoms with Gasteiger partial charge in [0.15, 0.2) is 0 Å². The van der Waals surface area contributed by atoms with Crippen LogP contribution in [0.4, 0.5) is 10.5 Å². The van der Waals surface area contributed by atoms with Gasteiger partial charge in [-0.25, -0.2) is 9.78 Å². The van der Waals surface area contributed by atoms with E-state index in [0.717, 1.165) is 30.4 Å². The molecule has 34 heavy (non-hydrogen) atoms. The van der Waals surface area contributed by atoms with Crippen LogP contribution in [0.15, 0.2) is 72.9 Å². The molecule has 0 unspecified atom stereocenters. The number of likely N-dealkylation sites (tertiary alicyclic amines) is 1. The lowest BCUT2D eigenvalue weighted by Gasteiger charge is -2.32. The summed E-state index contributed by atoms with van der Waals surface area (Å²) in [7, 11) is 0. The number of aromatic nitrogens is 1. The molecule has 2 N–H and O–H groups in total. The average molecular weight is 459 g/mol. The summed E-state index contributed by atoms with van der Waals surface area (Å²) < 4.78 is 5.73. The zero-order valence-corrected chi connectivity index (χ0v) is 19.4. The minimum absolute atomic E-state index is 0.0609. The predicted molar refractivity (Wildman–Crippen MR) is 132 cm³/mol. The summed E-state index contributed by atoms with van der Waals surface area (Å²) in [6, 6.07) is 21.2. The van der Waals surface area contributed by atoms with Crippen molar-refractivity contribution in [3.05, 3.63) is 84.1 Å². The fourth-order valence-electron chi connectivity index (χ4n) is 3.87. The van der Waals surface area contributed by atoms with Gasteiger partial charge in [-0.3, -0.25) is 4.79 Å². The van der Waals surface area contributed by atoms with Crippen molar-refractivity contribution >= 4 is 17.6 Å². The molecule has 1 saturated heterocycles. The van der Waals surface area contributed by atoms with Crippen molar-refractivity contribution in [2.45, 2.75) is 38.6 Å². The monoisotopic (exact) mass is 458 g/mol.